The largest absolute Gasteiger partial charge is 0.392 e. The summed E-state index contributed by atoms with van der Waals surface area (Å²) in [5, 5.41) is 15.8. The lowest BCUT2D eigenvalue weighted by molar-refractivity contribution is -0.190. The smallest absolute Gasteiger partial charge is 0.228 e. The van der Waals surface area contributed by atoms with E-state index in [4.69, 9.17) is 11.6 Å². The minimum absolute atomic E-state index is 0.141. The summed E-state index contributed by atoms with van der Waals surface area (Å²) < 4.78 is 0. The Morgan fingerprint density at radius 3 is 1.61 bits per heavy atom. The molecule has 0 rings (SSSR count). The van der Waals surface area contributed by atoms with Crippen molar-refractivity contribution in [2.24, 2.45) is 38.7 Å². The number of hydrazine groups is 1. The van der Waals surface area contributed by atoms with Crippen LogP contribution in [-0.4, -0.2) is 48.2 Å². The standard InChI is InChI=1S/C25H53N5O3/c1-17(31)16-29-18(32)24(11,20(2,3)4)21(5,6)22(7,8)25(12,23(9,10)30-27)19(33)28-15-13-14-26/h17,30-31H,13-16,26-27H2,1-12H3,(H,28,33)(H,29,32). The first-order valence-electron chi connectivity index (χ1n) is 12.1. The van der Waals surface area contributed by atoms with E-state index in [9.17, 15) is 14.7 Å². The second-order valence-electron chi connectivity index (χ2n) is 12.5. The molecule has 0 aliphatic rings. The average Bonchev–Trinajstić information content (AvgIpc) is 2.68. The quantitative estimate of drug-likeness (QED) is 0.146. The van der Waals surface area contributed by atoms with Crippen LogP contribution < -0.4 is 27.6 Å². The molecular formula is C25H53N5O3. The van der Waals surface area contributed by atoms with Gasteiger partial charge in [0.15, 0.2) is 0 Å². The Kier molecular flexibility index (Phi) is 10.2. The third-order valence-electron chi connectivity index (χ3n) is 9.31. The van der Waals surface area contributed by atoms with Crippen molar-refractivity contribution in [2.45, 2.75) is 101 Å². The molecule has 0 aromatic heterocycles. The molecule has 0 aliphatic heterocycles. The van der Waals surface area contributed by atoms with Crippen LogP contribution in [0.25, 0.3) is 0 Å². The van der Waals surface area contributed by atoms with Crippen LogP contribution in [0.4, 0.5) is 0 Å². The lowest BCUT2D eigenvalue weighted by Crippen LogP contribution is -2.72. The number of rotatable bonds is 12. The van der Waals surface area contributed by atoms with E-state index in [1.54, 1.807) is 6.92 Å². The molecule has 0 aromatic rings. The van der Waals surface area contributed by atoms with Crippen LogP contribution in [-0.2, 0) is 9.59 Å². The number of hydrogen-bond donors (Lipinski definition) is 6. The number of carbonyl (C=O) groups is 2. The van der Waals surface area contributed by atoms with E-state index in [2.05, 4.69) is 29.9 Å². The van der Waals surface area contributed by atoms with Crippen LogP contribution in [0.15, 0.2) is 0 Å². The number of hydrogen-bond acceptors (Lipinski definition) is 6. The average molecular weight is 472 g/mol. The van der Waals surface area contributed by atoms with Gasteiger partial charge in [0.25, 0.3) is 0 Å². The van der Waals surface area contributed by atoms with Gasteiger partial charge in [-0.2, -0.15) is 0 Å². The molecule has 196 valence electrons. The zero-order chi connectivity index (χ0) is 26.7. The van der Waals surface area contributed by atoms with E-state index in [0.717, 1.165) is 0 Å². The number of amides is 2. The lowest BCUT2D eigenvalue weighted by atomic mass is 9.39. The SMILES string of the molecule is CC(O)CNC(=O)C(C)(C(C)(C)C)C(C)(C)C(C)(C)C(C)(C(=O)NCCCN)C(C)(C)NN. The predicted octanol–water partition coefficient (Wildman–Crippen LogP) is 2.30. The Morgan fingerprint density at radius 2 is 1.24 bits per heavy atom. The van der Waals surface area contributed by atoms with Crippen LogP contribution in [0.3, 0.4) is 0 Å². The molecule has 8 nitrogen and oxygen atoms in total. The molecule has 0 saturated heterocycles. The predicted molar refractivity (Wildman–Crippen MR) is 136 cm³/mol. The third kappa shape index (κ3) is 5.39. The summed E-state index contributed by atoms with van der Waals surface area (Å²) in [5.74, 6) is 5.71. The number of aliphatic hydroxyl groups is 1. The zero-order valence-corrected chi connectivity index (χ0v) is 23.3. The number of aliphatic hydroxyl groups excluding tert-OH is 1. The first-order valence-corrected chi connectivity index (χ1v) is 12.1. The molecule has 2 amide bonds. The van der Waals surface area contributed by atoms with Crippen LogP contribution in [0.5, 0.6) is 0 Å². The molecule has 0 heterocycles. The van der Waals surface area contributed by atoms with Crippen LogP contribution >= 0.6 is 0 Å². The van der Waals surface area contributed by atoms with Gasteiger partial charge in [-0.3, -0.25) is 20.9 Å². The zero-order valence-electron chi connectivity index (χ0n) is 23.3. The summed E-state index contributed by atoms with van der Waals surface area (Å²) in [6.45, 7) is 24.8. The van der Waals surface area contributed by atoms with E-state index < -0.39 is 38.7 Å². The Bertz CT molecular complexity index is 682. The molecule has 0 aliphatic carbocycles. The summed E-state index contributed by atoms with van der Waals surface area (Å²) in [6.07, 6.45) is 0.0112. The molecule has 3 unspecified atom stereocenters. The van der Waals surface area contributed by atoms with Crippen molar-refractivity contribution in [1.29, 1.82) is 0 Å². The molecule has 0 aromatic carbocycles. The maximum absolute atomic E-state index is 13.8. The molecular weight excluding hydrogens is 418 g/mol. The van der Waals surface area contributed by atoms with E-state index in [0.29, 0.717) is 19.5 Å². The first kappa shape index (κ1) is 31.8. The fourth-order valence-corrected chi connectivity index (χ4v) is 5.20. The van der Waals surface area contributed by atoms with Crippen molar-refractivity contribution in [1.82, 2.24) is 16.1 Å². The van der Waals surface area contributed by atoms with E-state index >= 15 is 0 Å². The highest BCUT2D eigenvalue weighted by molar-refractivity contribution is 5.87. The summed E-state index contributed by atoms with van der Waals surface area (Å²) in [4.78, 5) is 27.6. The highest BCUT2D eigenvalue weighted by Crippen LogP contribution is 2.66. The first-order chi connectivity index (χ1) is 14.6. The van der Waals surface area contributed by atoms with Gasteiger partial charge in [0.1, 0.15) is 0 Å². The van der Waals surface area contributed by atoms with Crippen molar-refractivity contribution < 1.29 is 14.7 Å². The van der Waals surface area contributed by atoms with Crippen LogP contribution in [0.2, 0.25) is 0 Å². The van der Waals surface area contributed by atoms with Crippen molar-refractivity contribution in [3.8, 4) is 0 Å². The molecule has 0 bridgehead atoms. The van der Waals surface area contributed by atoms with Gasteiger partial charge < -0.3 is 21.5 Å². The second kappa shape index (κ2) is 10.6. The molecule has 0 saturated carbocycles. The van der Waals surface area contributed by atoms with Gasteiger partial charge in [0, 0.05) is 18.6 Å². The molecule has 3 atom stereocenters. The maximum Gasteiger partial charge on any atom is 0.228 e. The van der Waals surface area contributed by atoms with Gasteiger partial charge in [-0.05, 0) is 63.8 Å². The van der Waals surface area contributed by atoms with Gasteiger partial charge >= 0.3 is 0 Å². The molecule has 8 heteroatoms. The highest BCUT2D eigenvalue weighted by Gasteiger charge is 2.68. The maximum atomic E-state index is 13.8. The molecule has 33 heavy (non-hydrogen) atoms. The van der Waals surface area contributed by atoms with Crippen molar-refractivity contribution >= 4 is 11.8 Å². The van der Waals surface area contributed by atoms with Gasteiger partial charge in [-0.25, -0.2) is 0 Å². The topological polar surface area (TPSA) is 142 Å². The lowest BCUT2D eigenvalue weighted by Gasteiger charge is -2.65. The van der Waals surface area contributed by atoms with Crippen molar-refractivity contribution in [3.63, 3.8) is 0 Å². The third-order valence-corrected chi connectivity index (χ3v) is 9.31. The van der Waals surface area contributed by atoms with Gasteiger partial charge in [0.2, 0.25) is 11.8 Å². The van der Waals surface area contributed by atoms with Crippen molar-refractivity contribution in [3.05, 3.63) is 0 Å². The van der Waals surface area contributed by atoms with E-state index in [1.807, 2.05) is 62.3 Å². The Hall–Kier alpha value is -1.22. The fourth-order valence-electron chi connectivity index (χ4n) is 5.20. The van der Waals surface area contributed by atoms with Gasteiger partial charge in [0.05, 0.1) is 16.9 Å². The molecule has 0 radical (unpaired) electrons. The number of nitrogens with two attached hydrogens (primary N) is 2. The molecule has 8 N–H and O–H groups in total. The summed E-state index contributed by atoms with van der Waals surface area (Å²) in [7, 11) is 0. The fraction of sp³-hybridized carbons (Fsp3) is 0.920. The van der Waals surface area contributed by atoms with Crippen LogP contribution in [0.1, 0.15) is 89.5 Å². The van der Waals surface area contributed by atoms with Gasteiger partial charge in [-0.15, -0.1) is 0 Å². The summed E-state index contributed by atoms with van der Waals surface area (Å²) >= 11 is 0. The number of carbonyl (C=O) groups excluding carboxylic acids is 2. The highest BCUT2D eigenvalue weighted by atomic mass is 16.3. The second-order valence-corrected chi connectivity index (χ2v) is 12.5. The minimum Gasteiger partial charge on any atom is -0.392 e. The summed E-state index contributed by atoms with van der Waals surface area (Å²) in [5.41, 5.74) is 3.83. The monoisotopic (exact) mass is 471 g/mol. The van der Waals surface area contributed by atoms with Crippen LogP contribution in [0, 0.1) is 27.1 Å². The minimum atomic E-state index is -1.02. The van der Waals surface area contributed by atoms with Crippen molar-refractivity contribution in [2.75, 3.05) is 19.6 Å². The molecule has 0 fully saturated rings. The Balaban J connectivity index is 6.93. The van der Waals surface area contributed by atoms with E-state index in [-0.39, 0.29) is 18.4 Å². The Morgan fingerprint density at radius 1 is 0.818 bits per heavy atom. The molecule has 0 spiro atoms. The Labute approximate surface area is 202 Å². The van der Waals surface area contributed by atoms with E-state index in [1.165, 1.54) is 0 Å². The van der Waals surface area contributed by atoms with Gasteiger partial charge in [-0.1, -0.05) is 48.5 Å². The normalized spacial score (nSPS) is 18.2. The summed E-state index contributed by atoms with van der Waals surface area (Å²) in [6, 6.07) is 0. The number of nitrogens with one attached hydrogen (secondary N) is 3.